The van der Waals surface area contributed by atoms with Gasteiger partial charge in [-0.1, -0.05) is 25.3 Å². The topological polar surface area (TPSA) is 32.8 Å². The molecule has 1 aromatic carbocycles. The van der Waals surface area contributed by atoms with Crippen LogP contribution in [0.1, 0.15) is 51.4 Å². The van der Waals surface area contributed by atoms with Crippen LogP contribution in [-0.2, 0) is 9.53 Å². The molecule has 142 valence electrons. The molecule has 1 amide bonds. The number of nitrogens with zero attached hydrogens (tertiary/aromatic N) is 2. The van der Waals surface area contributed by atoms with E-state index in [2.05, 4.69) is 4.90 Å². The Hall–Kier alpha value is -1.46. The van der Waals surface area contributed by atoms with E-state index in [1.54, 1.807) is 11.0 Å². The fourth-order valence-electron chi connectivity index (χ4n) is 4.90. The fourth-order valence-corrected chi connectivity index (χ4v) is 4.90. The van der Waals surface area contributed by atoms with Gasteiger partial charge in [0.05, 0.1) is 12.1 Å². The number of hydrogen-bond donors (Lipinski definition) is 0. The van der Waals surface area contributed by atoms with Gasteiger partial charge >= 0.3 is 0 Å². The summed E-state index contributed by atoms with van der Waals surface area (Å²) in [6.07, 6.45) is 9.74. The van der Waals surface area contributed by atoms with Gasteiger partial charge in [0, 0.05) is 18.3 Å². The Morgan fingerprint density at radius 3 is 2.73 bits per heavy atom. The Kier molecular flexibility index (Phi) is 5.28. The molecule has 3 aliphatic rings. The Labute approximate surface area is 155 Å². The zero-order valence-electron chi connectivity index (χ0n) is 15.5. The maximum Gasteiger partial charge on any atom is 0.253 e. The molecular formula is C21H29FN2O2. The molecular weight excluding hydrogens is 331 g/mol. The summed E-state index contributed by atoms with van der Waals surface area (Å²) in [5, 5.41) is 0. The number of morpholine rings is 1. The molecule has 1 unspecified atom stereocenters. The van der Waals surface area contributed by atoms with E-state index in [0.29, 0.717) is 12.2 Å². The number of ether oxygens (including phenoxy) is 1. The highest BCUT2D eigenvalue weighted by atomic mass is 19.1. The summed E-state index contributed by atoms with van der Waals surface area (Å²) in [5.74, 6) is -0.380. The summed E-state index contributed by atoms with van der Waals surface area (Å²) in [7, 11) is 0. The van der Waals surface area contributed by atoms with Gasteiger partial charge < -0.3 is 14.5 Å². The van der Waals surface area contributed by atoms with Crippen molar-refractivity contribution in [2.45, 2.75) is 63.0 Å². The van der Waals surface area contributed by atoms with Gasteiger partial charge in [0.25, 0.3) is 5.91 Å². The molecule has 0 aromatic heterocycles. The quantitative estimate of drug-likeness (QED) is 0.805. The van der Waals surface area contributed by atoms with Crippen LogP contribution in [0.25, 0.3) is 0 Å². The van der Waals surface area contributed by atoms with E-state index in [0.717, 1.165) is 38.4 Å². The average molecular weight is 360 g/mol. The lowest BCUT2D eigenvalue weighted by Gasteiger charge is -2.42. The van der Waals surface area contributed by atoms with Crippen LogP contribution in [0.15, 0.2) is 24.3 Å². The van der Waals surface area contributed by atoms with Crippen molar-refractivity contribution >= 4 is 11.6 Å². The lowest BCUT2D eigenvalue weighted by Crippen LogP contribution is -2.55. The van der Waals surface area contributed by atoms with Crippen LogP contribution in [0, 0.1) is 5.82 Å². The number of anilines is 1. The molecule has 5 heteroatoms. The molecule has 0 N–H and O–H groups in total. The molecule has 1 aromatic rings. The molecule has 2 saturated heterocycles. The molecule has 1 spiro atoms. The van der Waals surface area contributed by atoms with Gasteiger partial charge in [0.1, 0.15) is 12.4 Å². The largest absolute Gasteiger partial charge is 0.363 e. The highest BCUT2D eigenvalue weighted by Crippen LogP contribution is 2.34. The normalized spacial score (nSPS) is 29.1. The van der Waals surface area contributed by atoms with Gasteiger partial charge in [-0.25, -0.2) is 4.39 Å². The Balaban J connectivity index is 1.46. The summed E-state index contributed by atoms with van der Waals surface area (Å²) < 4.78 is 19.7. The highest BCUT2D eigenvalue weighted by molar-refractivity contribution is 5.95. The maximum absolute atomic E-state index is 13.6. The van der Waals surface area contributed by atoms with E-state index in [9.17, 15) is 9.18 Å². The molecule has 1 saturated carbocycles. The lowest BCUT2D eigenvalue weighted by molar-refractivity contribution is -0.140. The number of carbonyl (C=O) groups is 1. The molecule has 2 aliphatic heterocycles. The summed E-state index contributed by atoms with van der Waals surface area (Å²) in [6.45, 7) is 2.80. The van der Waals surface area contributed by atoms with Crippen molar-refractivity contribution in [1.82, 2.24) is 4.90 Å². The van der Waals surface area contributed by atoms with Crippen LogP contribution in [-0.4, -0.2) is 48.7 Å². The first-order chi connectivity index (χ1) is 12.7. The standard InChI is InChI=1S/C21H29FN2O2/c22-17-6-4-9-19(14-17)24-16-21(26-15-20(24)25)10-5-12-23(13-11-21)18-7-2-1-3-8-18/h4,6,9,14,18H,1-3,5,7-8,10-13,15-16H2. The van der Waals surface area contributed by atoms with E-state index < -0.39 is 0 Å². The number of carbonyl (C=O) groups excluding carboxylic acids is 1. The minimum Gasteiger partial charge on any atom is -0.363 e. The molecule has 1 atom stereocenters. The number of rotatable bonds is 2. The number of halogens is 1. The van der Waals surface area contributed by atoms with E-state index in [4.69, 9.17) is 4.74 Å². The summed E-state index contributed by atoms with van der Waals surface area (Å²) in [4.78, 5) is 16.8. The van der Waals surface area contributed by atoms with Crippen LogP contribution in [0.3, 0.4) is 0 Å². The smallest absolute Gasteiger partial charge is 0.253 e. The third kappa shape index (κ3) is 3.79. The zero-order chi connectivity index (χ0) is 18.0. The molecule has 0 radical (unpaired) electrons. The van der Waals surface area contributed by atoms with Crippen molar-refractivity contribution in [3.05, 3.63) is 30.1 Å². The maximum atomic E-state index is 13.6. The van der Waals surface area contributed by atoms with Gasteiger partial charge in [-0.3, -0.25) is 4.79 Å². The van der Waals surface area contributed by atoms with Crippen molar-refractivity contribution in [2.24, 2.45) is 0 Å². The van der Waals surface area contributed by atoms with Gasteiger partial charge in [0.15, 0.2) is 0 Å². The monoisotopic (exact) mass is 360 g/mol. The lowest BCUT2D eigenvalue weighted by atomic mass is 9.91. The van der Waals surface area contributed by atoms with Gasteiger partial charge in [0.2, 0.25) is 0 Å². The summed E-state index contributed by atoms with van der Waals surface area (Å²) in [6, 6.07) is 7.06. The third-order valence-corrected chi connectivity index (χ3v) is 6.39. The van der Waals surface area contributed by atoms with E-state index >= 15 is 0 Å². The molecule has 1 aliphatic carbocycles. The molecule has 3 fully saturated rings. The van der Waals surface area contributed by atoms with E-state index in [1.165, 1.54) is 44.2 Å². The van der Waals surface area contributed by atoms with Crippen LogP contribution < -0.4 is 4.90 Å². The van der Waals surface area contributed by atoms with Crippen LogP contribution in [0.2, 0.25) is 0 Å². The fraction of sp³-hybridized carbons (Fsp3) is 0.667. The summed E-state index contributed by atoms with van der Waals surface area (Å²) in [5.41, 5.74) is 0.356. The van der Waals surface area contributed by atoms with E-state index in [1.807, 2.05) is 6.07 Å². The zero-order valence-corrected chi connectivity index (χ0v) is 15.5. The molecule has 0 bridgehead atoms. The predicted molar refractivity (Wildman–Crippen MR) is 99.7 cm³/mol. The Morgan fingerprint density at radius 1 is 1.08 bits per heavy atom. The minimum atomic E-state index is -0.305. The summed E-state index contributed by atoms with van der Waals surface area (Å²) >= 11 is 0. The minimum absolute atomic E-state index is 0.0744. The number of hydrogen-bond acceptors (Lipinski definition) is 3. The molecule has 4 rings (SSSR count). The molecule has 2 heterocycles. The van der Waals surface area contributed by atoms with Crippen LogP contribution >= 0.6 is 0 Å². The highest BCUT2D eigenvalue weighted by Gasteiger charge is 2.42. The van der Waals surface area contributed by atoms with Crippen molar-refractivity contribution in [1.29, 1.82) is 0 Å². The molecule has 26 heavy (non-hydrogen) atoms. The second kappa shape index (κ2) is 7.65. The van der Waals surface area contributed by atoms with Crippen LogP contribution in [0.5, 0.6) is 0 Å². The SMILES string of the molecule is O=C1COC2(CCCN(C3CCCCC3)CC2)CN1c1cccc(F)c1. The van der Waals surface area contributed by atoms with Crippen molar-refractivity contribution in [3.63, 3.8) is 0 Å². The second-order valence-electron chi connectivity index (χ2n) is 8.11. The van der Waals surface area contributed by atoms with Crippen molar-refractivity contribution in [3.8, 4) is 0 Å². The Bertz CT molecular complexity index is 647. The Morgan fingerprint density at radius 2 is 1.92 bits per heavy atom. The van der Waals surface area contributed by atoms with Gasteiger partial charge in [-0.05, 0) is 56.8 Å². The number of benzene rings is 1. The van der Waals surface area contributed by atoms with Crippen LogP contribution in [0.4, 0.5) is 10.1 Å². The van der Waals surface area contributed by atoms with Crippen molar-refractivity contribution in [2.75, 3.05) is 31.1 Å². The third-order valence-electron chi connectivity index (χ3n) is 6.39. The molecule has 4 nitrogen and oxygen atoms in total. The van der Waals surface area contributed by atoms with Crippen molar-refractivity contribution < 1.29 is 13.9 Å². The first kappa shape index (κ1) is 17.9. The first-order valence-corrected chi connectivity index (χ1v) is 10.1. The van der Waals surface area contributed by atoms with Gasteiger partial charge in [-0.2, -0.15) is 0 Å². The number of amides is 1. The second-order valence-corrected chi connectivity index (χ2v) is 8.11. The van der Waals surface area contributed by atoms with Gasteiger partial charge in [-0.15, -0.1) is 0 Å². The number of likely N-dealkylation sites (tertiary alicyclic amines) is 1. The predicted octanol–water partition coefficient (Wildman–Crippen LogP) is 3.75. The first-order valence-electron chi connectivity index (χ1n) is 10.1. The van der Waals surface area contributed by atoms with E-state index in [-0.39, 0.29) is 23.9 Å². The average Bonchev–Trinajstić information content (AvgIpc) is 2.87.